The lowest BCUT2D eigenvalue weighted by Gasteiger charge is -2.06. The number of aromatic nitrogens is 1. The molecule has 6 nitrogen and oxygen atoms in total. The van der Waals surface area contributed by atoms with Crippen molar-refractivity contribution in [2.75, 3.05) is 13.7 Å². The van der Waals surface area contributed by atoms with Crippen LogP contribution in [-0.2, 0) is 4.74 Å². The molecule has 0 fully saturated rings. The summed E-state index contributed by atoms with van der Waals surface area (Å²) < 4.78 is 10.6. The van der Waals surface area contributed by atoms with E-state index in [1.807, 2.05) is 31.2 Å². The maximum atomic E-state index is 12.1. The lowest BCUT2D eigenvalue weighted by atomic mass is 10.1. The van der Waals surface area contributed by atoms with Crippen molar-refractivity contribution in [1.29, 1.82) is 0 Å². The molecule has 0 aliphatic carbocycles. The van der Waals surface area contributed by atoms with Crippen LogP contribution in [0.25, 0.3) is 20.5 Å². The van der Waals surface area contributed by atoms with Crippen LogP contribution in [0.4, 0.5) is 0 Å². The van der Waals surface area contributed by atoms with Gasteiger partial charge in [-0.2, -0.15) is 0 Å². The second kappa shape index (κ2) is 7.61. The zero-order valence-electron chi connectivity index (χ0n) is 14.5. The van der Waals surface area contributed by atoms with Crippen molar-refractivity contribution in [3.63, 3.8) is 0 Å². The summed E-state index contributed by atoms with van der Waals surface area (Å²) in [4.78, 5) is 16.8. The highest BCUT2D eigenvalue weighted by Crippen LogP contribution is 2.42. The van der Waals surface area contributed by atoms with Crippen molar-refractivity contribution in [1.82, 2.24) is 4.98 Å². The molecule has 1 aromatic carbocycles. The fourth-order valence-electron chi connectivity index (χ4n) is 2.49. The van der Waals surface area contributed by atoms with Crippen molar-refractivity contribution in [2.24, 2.45) is 0 Å². The molecule has 0 aliphatic heterocycles. The van der Waals surface area contributed by atoms with Crippen LogP contribution in [0.5, 0.6) is 17.4 Å². The summed E-state index contributed by atoms with van der Waals surface area (Å²) in [6, 6.07) is 9.14. The Morgan fingerprint density at radius 3 is 2.62 bits per heavy atom. The number of fused-ring (bicyclic) bond motifs is 1. The fraction of sp³-hybridized carbons (Fsp3) is 0.263. The monoisotopic (exact) mass is 373 g/mol. The predicted octanol–water partition coefficient (Wildman–Crippen LogP) is 4.34. The van der Waals surface area contributed by atoms with Crippen molar-refractivity contribution in [3.05, 3.63) is 36.0 Å². The van der Waals surface area contributed by atoms with Crippen molar-refractivity contribution >= 4 is 27.4 Å². The molecule has 0 unspecified atom stereocenters. The molecule has 0 radical (unpaired) electrons. The zero-order valence-corrected chi connectivity index (χ0v) is 15.3. The van der Waals surface area contributed by atoms with Crippen LogP contribution in [0, 0.1) is 0 Å². The number of ether oxygens (including phenoxy) is 2. The number of nitrogens with zero attached hydrogens (tertiary/aromatic N) is 1. The van der Waals surface area contributed by atoms with Crippen molar-refractivity contribution in [3.8, 4) is 27.8 Å². The third kappa shape index (κ3) is 3.43. The van der Waals surface area contributed by atoms with Crippen LogP contribution in [-0.4, -0.2) is 34.9 Å². The first-order valence-corrected chi connectivity index (χ1v) is 9.03. The average molecular weight is 373 g/mol. The summed E-state index contributed by atoms with van der Waals surface area (Å²) >= 11 is 1.28. The lowest BCUT2D eigenvalue weighted by Crippen LogP contribution is -2.08. The maximum Gasteiger partial charge on any atom is 0.360 e. The van der Waals surface area contributed by atoms with E-state index in [1.54, 1.807) is 13.2 Å². The number of unbranched alkanes of at least 4 members (excludes halogenated alkanes) is 1. The number of thiophene rings is 1. The van der Waals surface area contributed by atoms with E-state index >= 15 is 0 Å². The quantitative estimate of drug-likeness (QED) is 0.493. The Bertz CT molecular complexity index is 933. The smallest absolute Gasteiger partial charge is 0.360 e. The van der Waals surface area contributed by atoms with Crippen molar-refractivity contribution < 1.29 is 24.5 Å². The van der Waals surface area contributed by atoms with Crippen LogP contribution >= 0.6 is 11.3 Å². The van der Waals surface area contributed by atoms with E-state index in [1.165, 1.54) is 11.3 Å². The van der Waals surface area contributed by atoms with Crippen LogP contribution in [0.15, 0.2) is 30.3 Å². The van der Waals surface area contributed by atoms with Crippen LogP contribution in [0.1, 0.15) is 30.3 Å². The van der Waals surface area contributed by atoms with Gasteiger partial charge in [0.2, 0.25) is 5.88 Å². The highest BCUT2D eigenvalue weighted by atomic mass is 32.1. The number of carbonyl (C=O) groups is 1. The Labute approximate surface area is 154 Å². The molecule has 0 aliphatic rings. The largest absolute Gasteiger partial charge is 0.505 e. The van der Waals surface area contributed by atoms with Gasteiger partial charge in [0.1, 0.15) is 10.4 Å². The number of carbonyl (C=O) groups excluding carboxylic acids is 1. The van der Waals surface area contributed by atoms with E-state index in [0.29, 0.717) is 10.1 Å². The molecular weight excluding hydrogens is 354 g/mol. The molecule has 0 amide bonds. The number of pyridine rings is 1. The number of benzene rings is 1. The second-order valence-electron chi connectivity index (χ2n) is 5.70. The van der Waals surface area contributed by atoms with Gasteiger partial charge in [0.05, 0.1) is 13.7 Å². The Balaban J connectivity index is 1.99. The van der Waals surface area contributed by atoms with Gasteiger partial charge in [0, 0.05) is 10.3 Å². The van der Waals surface area contributed by atoms with Crippen LogP contribution < -0.4 is 4.74 Å². The number of esters is 1. The Morgan fingerprint density at radius 2 is 1.96 bits per heavy atom. The summed E-state index contributed by atoms with van der Waals surface area (Å²) in [5, 5.41) is 21.0. The molecule has 0 saturated heterocycles. The van der Waals surface area contributed by atoms with E-state index in [-0.39, 0.29) is 23.9 Å². The number of hydrogen-bond acceptors (Lipinski definition) is 7. The summed E-state index contributed by atoms with van der Waals surface area (Å²) in [6.45, 7) is 2.23. The first kappa shape index (κ1) is 18.0. The Kier molecular flexibility index (Phi) is 5.27. The molecule has 0 saturated carbocycles. The van der Waals surface area contributed by atoms with E-state index in [2.05, 4.69) is 4.98 Å². The van der Waals surface area contributed by atoms with Gasteiger partial charge in [-0.3, -0.25) is 0 Å². The molecule has 2 heterocycles. The molecule has 136 valence electrons. The minimum Gasteiger partial charge on any atom is -0.505 e. The lowest BCUT2D eigenvalue weighted by molar-refractivity contribution is 0.0488. The van der Waals surface area contributed by atoms with Gasteiger partial charge in [-0.05, 0) is 42.3 Å². The van der Waals surface area contributed by atoms with Gasteiger partial charge in [0.25, 0.3) is 0 Å². The molecule has 0 spiro atoms. The standard InChI is InChI=1S/C19H19NO5S/c1-3-4-9-25-19(23)15-16(21)13-10-14(26-17(13)18(22)20-15)11-5-7-12(24-2)8-6-11/h5-8,10,21H,3-4,9H2,1-2H3,(H,20,22). The number of hydrogen-bond donors (Lipinski definition) is 2. The third-order valence-corrected chi connectivity index (χ3v) is 5.11. The summed E-state index contributed by atoms with van der Waals surface area (Å²) in [5.74, 6) is -0.593. The first-order valence-electron chi connectivity index (χ1n) is 8.22. The summed E-state index contributed by atoms with van der Waals surface area (Å²) in [6.07, 6.45) is 1.60. The van der Waals surface area contributed by atoms with E-state index in [9.17, 15) is 15.0 Å². The topological polar surface area (TPSA) is 88.9 Å². The molecular formula is C19H19NO5S. The SMILES string of the molecule is CCCCOC(=O)c1nc(O)c2sc(-c3ccc(OC)cc3)cc2c1O. The van der Waals surface area contributed by atoms with Gasteiger partial charge in [-0.1, -0.05) is 13.3 Å². The Morgan fingerprint density at radius 1 is 1.23 bits per heavy atom. The van der Waals surface area contributed by atoms with Crippen LogP contribution in [0.2, 0.25) is 0 Å². The molecule has 0 atom stereocenters. The molecule has 26 heavy (non-hydrogen) atoms. The van der Waals surface area contributed by atoms with Gasteiger partial charge >= 0.3 is 5.97 Å². The normalized spacial score (nSPS) is 10.8. The van der Waals surface area contributed by atoms with E-state index < -0.39 is 5.97 Å². The van der Waals surface area contributed by atoms with Crippen LogP contribution in [0.3, 0.4) is 0 Å². The van der Waals surface area contributed by atoms with Gasteiger partial charge in [0.15, 0.2) is 11.4 Å². The molecule has 0 bridgehead atoms. The number of rotatable bonds is 6. The molecule has 2 N–H and O–H groups in total. The average Bonchev–Trinajstić information content (AvgIpc) is 3.11. The fourth-order valence-corrected chi connectivity index (χ4v) is 3.54. The highest BCUT2D eigenvalue weighted by Gasteiger charge is 2.22. The summed E-state index contributed by atoms with van der Waals surface area (Å²) in [7, 11) is 1.59. The van der Waals surface area contributed by atoms with Gasteiger partial charge in [-0.25, -0.2) is 9.78 Å². The van der Waals surface area contributed by atoms with Crippen molar-refractivity contribution in [2.45, 2.75) is 19.8 Å². The molecule has 7 heteroatoms. The maximum absolute atomic E-state index is 12.1. The highest BCUT2D eigenvalue weighted by molar-refractivity contribution is 7.22. The second-order valence-corrected chi connectivity index (χ2v) is 6.76. The Hall–Kier alpha value is -2.80. The summed E-state index contributed by atoms with van der Waals surface area (Å²) in [5.41, 5.74) is 0.628. The molecule has 3 rings (SSSR count). The first-order chi connectivity index (χ1) is 12.5. The number of aromatic hydroxyl groups is 2. The molecule has 3 aromatic rings. The minimum absolute atomic E-state index is 0.246. The van der Waals surface area contributed by atoms with Gasteiger partial charge < -0.3 is 19.7 Å². The predicted molar refractivity (Wildman–Crippen MR) is 100 cm³/mol. The zero-order chi connectivity index (χ0) is 18.7. The number of methoxy groups -OCH3 is 1. The molecule has 2 aromatic heterocycles. The van der Waals surface area contributed by atoms with Gasteiger partial charge in [-0.15, -0.1) is 11.3 Å². The minimum atomic E-state index is -0.745. The van der Waals surface area contributed by atoms with E-state index in [4.69, 9.17) is 9.47 Å². The third-order valence-electron chi connectivity index (χ3n) is 3.93. The van der Waals surface area contributed by atoms with E-state index in [0.717, 1.165) is 29.0 Å².